The SMILES string of the molecule is C[S@@](=O)c1sc(Br)c2c1C(=O)CC(C)(C)C2. The Morgan fingerprint density at radius 2 is 2.00 bits per heavy atom. The second-order valence-corrected chi connectivity index (χ2v) is 8.83. The van der Waals surface area contributed by atoms with E-state index in [2.05, 4.69) is 29.8 Å². The molecule has 1 heterocycles. The van der Waals surface area contributed by atoms with Crippen LogP contribution in [0.25, 0.3) is 0 Å². The molecule has 1 aromatic heterocycles. The van der Waals surface area contributed by atoms with E-state index in [9.17, 15) is 9.00 Å². The molecule has 0 saturated heterocycles. The van der Waals surface area contributed by atoms with Gasteiger partial charge in [-0.05, 0) is 33.3 Å². The number of halogens is 1. The first kappa shape index (κ1) is 12.5. The van der Waals surface area contributed by atoms with E-state index >= 15 is 0 Å². The van der Waals surface area contributed by atoms with Gasteiger partial charge in [-0.2, -0.15) is 0 Å². The van der Waals surface area contributed by atoms with Gasteiger partial charge in [0, 0.05) is 18.2 Å². The van der Waals surface area contributed by atoms with E-state index in [1.54, 1.807) is 6.26 Å². The van der Waals surface area contributed by atoms with Crippen molar-refractivity contribution in [2.75, 3.05) is 6.26 Å². The monoisotopic (exact) mass is 320 g/mol. The third-order valence-corrected chi connectivity index (χ3v) is 6.22. The summed E-state index contributed by atoms with van der Waals surface area (Å²) in [7, 11) is -1.08. The van der Waals surface area contributed by atoms with Crippen molar-refractivity contribution in [2.24, 2.45) is 5.41 Å². The van der Waals surface area contributed by atoms with E-state index < -0.39 is 10.8 Å². The zero-order valence-corrected chi connectivity index (χ0v) is 12.6. The van der Waals surface area contributed by atoms with Crippen molar-refractivity contribution in [1.82, 2.24) is 0 Å². The molecule has 1 atom stereocenters. The van der Waals surface area contributed by atoms with Crippen LogP contribution in [-0.2, 0) is 17.2 Å². The lowest BCUT2D eigenvalue weighted by Crippen LogP contribution is -2.26. The summed E-state index contributed by atoms with van der Waals surface area (Å²) in [6.45, 7) is 4.20. The second-order valence-electron chi connectivity index (χ2n) is 4.91. The molecule has 0 spiro atoms. The zero-order valence-electron chi connectivity index (χ0n) is 9.43. The van der Waals surface area contributed by atoms with Gasteiger partial charge in [-0.25, -0.2) is 0 Å². The molecule has 0 aliphatic heterocycles. The smallest absolute Gasteiger partial charge is 0.165 e. The molecule has 1 aliphatic carbocycles. The Morgan fingerprint density at radius 1 is 1.38 bits per heavy atom. The predicted octanol–water partition coefficient (Wildman–Crippen LogP) is 3.40. The first-order valence-corrected chi connectivity index (χ1v) is 8.16. The molecular weight excluding hydrogens is 308 g/mol. The van der Waals surface area contributed by atoms with Crippen molar-refractivity contribution in [1.29, 1.82) is 0 Å². The van der Waals surface area contributed by atoms with Crippen LogP contribution in [0.4, 0.5) is 0 Å². The summed E-state index contributed by atoms with van der Waals surface area (Å²) in [6, 6.07) is 0. The highest BCUT2D eigenvalue weighted by molar-refractivity contribution is 9.11. The number of carbonyl (C=O) groups excluding carboxylic acids is 1. The number of rotatable bonds is 1. The Hall–Kier alpha value is -0.0000000000000000555. The Morgan fingerprint density at radius 3 is 2.56 bits per heavy atom. The quantitative estimate of drug-likeness (QED) is 0.794. The molecule has 0 unspecified atom stereocenters. The highest BCUT2D eigenvalue weighted by Crippen LogP contribution is 2.44. The number of fused-ring (bicyclic) bond motifs is 1. The molecule has 5 heteroatoms. The molecule has 0 radical (unpaired) electrons. The first-order valence-electron chi connectivity index (χ1n) is 4.99. The van der Waals surface area contributed by atoms with E-state index in [0.717, 1.165) is 25.5 Å². The van der Waals surface area contributed by atoms with E-state index in [4.69, 9.17) is 0 Å². The van der Waals surface area contributed by atoms with Crippen LogP contribution in [0.3, 0.4) is 0 Å². The molecule has 2 nitrogen and oxygen atoms in total. The number of ketones is 1. The number of Topliss-reactive ketones (excluding diaryl/α,β-unsaturated/α-hetero) is 1. The van der Waals surface area contributed by atoms with Gasteiger partial charge in [-0.3, -0.25) is 9.00 Å². The van der Waals surface area contributed by atoms with Gasteiger partial charge in [0.25, 0.3) is 0 Å². The van der Waals surface area contributed by atoms with Gasteiger partial charge in [-0.15, -0.1) is 11.3 Å². The number of carbonyl (C=O) groups is 1. The molecule has 2 rings (SSSR count). The number of hydrogen-bond acceptors (Lipinski definition) is 3. The summed E-state index contributed by atoms with van der Waals surface area (Å²) in [6.07, 6.45) is 3.06. The topological polar surface area (TPSA) is 34.1 Å². The highest BCUT2D eigenvalue weighted by Gasteiger charge is 2.36. The minimum absolute atomic E-state index is 0.0141. The maximum Gasteiger partial charge on any atom is 0.165 e. The molecule has 0 N–H and O–H groups in total. The maximum absolute atomic E-state index is 12.1. The van der Waals surface area contributed by atoms with Crippen LogP contribution in [0.5, 0.6) is 0 Å². The van der Waals surface area contributed by atoms with Gasteiger partial charge in [0.2, 0.25) is 0 Å². The van der Waals surface area contributed by atoms with Crippen LogP contribution in [0.1, 0.15) is 36.2 Å². The molecule has 0 amide bonds. The van der Waals surface area contributed by atoms with Crippen LogP contribution in [0.15, 0.2) is 8.00 Å². The lowest BCUT2D eigenvalue weighted by Gasteiger charge is -2.28. The van der Waals surface area contributed by atoms with Crippen molar-refractivity contribution >= 4 is 43.8 Å². The van der Waals surface area contributed by atoms with E-state index in [1.165, 1.54) is 11.3 Å². The van der Waals surface area contributed by atoms with Gasteiger partial charge < -0.3 is 0 Å². The first-order chi connectivity index (χ1) is 7.32. The predicted molar refractivity (Wildman–Crippen MR) is 70.8 cm³/mol. The number of thiophene rings is 1. The van der Waals surface area contributed by atoms with Crippen molar-refractivity contribution < 1.29 is 9.00 Å². The Labute approximate surface area is 110 Å². The fourth-order valence-corrected chi connectivity index (χ4v) is 5.31. The molecular formula is C11H13BrO2S2. The summed E-state index contributed by atoms with van der Waals surface area (Å²) >= 11 is 4.92. The molecule has 0 aromatic carbocycles. The van der Waals surface area contributed by atoms with Crippen molar-refractivity contribution in [2.45, 2.75) is 30.9 Å². The maximum atomic E-state index is 12.1. The van der Waals surface area contributed by atoms with Crippen LogP contribution in [0, 0.1) is 5.41 Å². The molecule has 0 fully saturated rings. The summed E-state index contributed by atoms with van der Waals surface area (Å²) in [4.78, 5) is 12.1. The average molecular weight is 321 g/mol. The molecule has 1 aromatic rings. The van der Waals surface area contributed by atoms with Gasteiger partial charge in [0.05, 0.1) is 14.6 Å². The third kappa shape index (κ3) is 2.05. The normalized spacial score (nSPS) is 20.6. The minimum Gasteiger partial charge on any atom is -0.294 e. The lowest BCUT2D eigenvalue weighted by atomic mass is 9.75. The fraction of sp³-hybridized carbons (Fsp3) is 0.545. The molecule has 0 bridgehead atoms. The zero-order chi connectivity index (χ0) is 12.1. The molecule has 16 heavy (non-hydrogen) atoms. The summed E-state index contributed by atoms with van der Waals surface area (Å²) < 4.78 is 13.3. The third-order valence-electron chi connectivity index (χ3n) is 2.76. The van der Waals surface area contributed by atoms with Crippen LogP contribution < -0.4 is 0 Å². The summed E-state index contributed by atoms with van der Waals surface area (Å²) in [5.41, 5.74) is 1.79. The Kier molecular flexibility index (Phi) is 3.14. The second kappa shape index (κ2) is 4.03. The summed E-state index contributed by atoms with van der Waals surface area (Å²) in [5, 5.41) is 0. The van der Waals surface area contributed by atoms with Crippen LogP contribution >= 0.6 is 27.3 Å². The van der Waals surface area contributed by atoms with E-state index in [-0.39, 0.29) is 11.2 Å². The van der Waals surface area contributed by atoms with E-state index in [1.807, 2.05) is 0 Å². The van der Waals surface area contributed by atoms with Crippen LogP contribution in [-0.4, -0.2) is 16.2 Å². The van der Waals surface area contributed by atoms with Crippen molar-refractivity contribution in [3.63, 3.8) is 0 Å². The largest absolute Gasteiger partial charge is 0.294 e. The van der Waals surface area contributed by atoms with Crippen molar-refractivity contribution in [3.05, 3.63) is 14.9 Å². The Balaban J connectivity index is 2.62. The molecule has 88 valence electrons. The van der Waals surface area contributed by atoms with E-state index in [0.29, 0.717) is 6.42 Å². The highest BCUT2D eigenvalue weighted by atomic mass is 79.9. The van der Waals surface area contributed by atoms with Gasteiger partial charge in [0.15, 0.2) is 5.78 Å². The van der Waals surface area contributed by atoms with Gasteiger partial charge >= 0.3 is 0 Å². The fourth-order valence-electron chi connectivity index (χ4n) is 2.12. The lowest BCUT2D eigenvalue weighted by molar-refractivity contribution is 0.0910. The molecule has 0 saturated carbocycles. The van der Waals surface area contributed by atoms with Crippen molar-refractivity contribution in [3.8, 4) is 0 Å². The Bertz CT molecular complexity index is 488. The minimum atomic E-state index is -1.08. The molecule has 1 aliphatic rings. The van der Waals surface area contributed by atoms with Gasteiger partial charge in [0.1, 0.15) is 4.21 Å². The van der Waals surface area contributed by atoms with Crippen LogP contribution in [0.2, 0.25) is 0 Å². The standard InChI is InChI=1S/C11H13BrO2S2/c1-11(2)4-6-8(7(13)5-11)10(16(3)14)15-9(6)12/h4-5H2,1-3H3/t16-/m1/s1. The average Bonchev–Trinajstić information content (AvgIpc) is 2.42. The number of hydrogen-bond donors (Lipinski definition) is 0. The van der Waals surface area contributed by atoms with Gasteiger partial charge in [-0.1, -0.05) is 13.8 Å². The summed E-state index contributed by atoms with van der Waals surface area (Å²) in [5.74, 6) is 0.137.